The number of anilines is 1. The van der Waals surface area contributed by atoms with Gasteiger partial charge in [0.1, 0.15) is 12.2 Å². The van der Waals surface area contributed by atoms with Crippen molar-refractivity contribution in [3.8, 4) is 0 Å². The predicted molar refractivity (Wildman–Crippen MR) is 98.5 cm³/mol. The summed E-state index contributed by atoms with van der Waals surface area (Å²) in [5, 5.41) is 0. The number of hydrogen-bond acceptors (Lipinski definition) is 9. The number of nitrogens with one attached hydrogen (secondary N) is 1. The molecule has 0 spiro atoms. The zero-order valence-corrected chi connectivity index (χ0v) is 16.9. The number of H-pyrrole nitrogens is 1. The topological polar surface area (TPSA) is 164 Å². The summed E-state index contributed by atoms with van der Waals surface area (Å²) in [6, 6.07) is 0. The summed E-state index contributed by atoms with van der Waals surface area (Å²) < 4.78 is 35.5. The first kappa shape index (κ1) is 20.9. The molecule has 3 heterocycles. The van der Waals surface area contributed by atoms with E-state index in [-0.39, 0.29) is 17.1 Å². The van der Waals surface area contributed by atoms with E-state index < -0.39 is 37.4 Å². The molecule has 1 aliphatic heterocycles. The van der Waals surface area contributed by atoms with Gasteiger partial charge in [0.25, 0.3) is 5.56 Å². The molecule has 4 atom stereocenters. The molecule has 4 N–H and O–H groups in total. The van der Waals surface area contributed by atoms with Crippen molar-refractivity contribution in [2.24, 2.45) is 0 Å². The summed E-state index contributed by atoms with van der Waals surface area (Å²) in [7, 11) is -1.81. The smallest absolute Gasteiger partial charge is 0.374 e. The van der Waals surface area contributed by atoms with Gasteiger partial charge in [-0.15, -0.1) is 0 Å². The van der Waals surface area contributed by atoms with Crippen molar-refractivity contribution in [3.05, 3.63) is 16.7 Å². The van der Waals surface area contributed by atoms with Gasteiger partial charge in [-0.25, -0.2) is 9.55 Å². The van der Waals surface area contributed by atoms with Crippen molar-refractivity contribution >= 4 is 24.9 Å². The van der Waals surface area contributed by atoms with Gasteiger partial charge in [0.15, 0.2) is 17.4 Å². The van der Waals surface area contributed by atoms with Crippen LogP contribution in [0.3, 0.4) is 0 Å². The first-order chi connectivity index (χ1) is 13.2. The molecule has 1 fully saturated rings. The number of methoxy groups -OCH3 is 1. The lowest BCUT2D eigenvalue weighted by molar-refractivity contribution is -0.106. The lowest BCUT2D eigenvalue weighted by atomic mass is 9.90. The number of aromatic amines is 1. The Morgan fingerprint density at radius 1 is 1.43 bits per heavy atom. The highest BCUT2D eigenvalue weighted by Crippen LogP contribution is 2.53. The number of phosphoric acid groups is 1. The van der Waals surface area contributed by atoms with Crippen LogP contribution >= 0.6 is 7.82 Å². The number of imidazole rings is 1. The number of nitrogens with zero attached hydrogens (tertiary/aromatic N) is 3. The van der Waals surface area contributed by atoms with Crippen LogP contribution < -0.4 is 11.3 Å². The second kappa shape index (κ2) is 7.54. The highest BCUT2D eigenvalue weighted by molar-refractivity contribution is 7.47. The number of phosphoric ester groups is 1. The van der Waals surface area contributed by atoms with Gasteiger partial charge in [-0.3, -0.25) is 23.4 Å². The maximum absolute atomic E-state index is 12.1. The normalized spacial score (nSPS) is 26.5. The van der Waals surface area contributed by atoms with Crippen molar-refractivity contribution in [2.75, 3.05) is 20.0 Å². The Hall–Kier alpha value is -1.82. The third-order valence-electron chi connectivity index (χ3n) is 5.12. The molecule has 0 radical (unpaired) electrons. The van der Waals surface area contributed by atoms with Gasteiger partial charge in [0.05, 0.1) is 11.9 Å². The van der Waals surface area contributed by atoms with Crippen LogP contribution in [0.15, 0.2) is 11.1 Å². The fraction of sp³-hybridized carbons (Fsp3) is 0.667. The zero-order valence-electron chi connectivity index (χ0n) is 16.0. The molecular formula is C15H24N5O7P. The van der Waals surface area contributed by atoms with E-state index >= 15 is 0 Å². The number of nitrogens with two attached hydrogens (primary N) is 1. The van der Waals surface area contributed by atoms with Gasteiger partial charge in [0.2, 0.25) is 5.95 Å². The standard InChI is InChI=1S/C15H24N5O7P/c1-5-15(6-2)10(27-28(22,23)25-4)9(24-3)13(26-15)20-7-17-8-11(20)18-14(16)19-12(8)21/h7,9-10,13H,5-6H2,1-4H3,(H,22,23)(H3,16,18,19,21)/t9?,10-,13-/m1/s1. The molecule has 13 heteroatoms. The molecule has 1 saturated heterocycles. The Bertz CT molecular complexity index is 956. The minimum absolute atomic E-state index is 0.0736. The van der Waals surface area contributed by atoms with Crippen molar-refractivity contribution in [1.82, 2.24) is 19.5 Å². The molecule has 2 aromatic rings. The van der Waals surface area contributed by atoms with E-state index in [4.69, 9.17) is 19.7 Å². The van der Waals surface area contributed by atoms with Crippen LogP contribution in [0.1, 0.15) is 32.9 Å². The summed E-state index contributed by atoms with van der Waals surface area (Å²) in [6.45, 7) is 3.74. The van der Waals surface area contributed by atoms with Crippen molar-refractivity contribution < 1.29 is 28.0 Å². The summed E-state index contributed by atoms with van der Waals surface area (Å²) >= 11 is 0. The fourth-order valence-corrected chi connectivity index (χ4v) is 4.25. The summed E-state index contributed by atoms with van der Waals surface area (Å²) in [5.74, 6) is -0.0736. The molecule has 0 amide bonds. The number of ether oxygens (including phenoxy) is 2. The van der Waals surface area contributed by atoms with E-state index in [2.05, 4.69) is 19.5 Å². The molecule has 0 aromatic carbocycles. The minimum Gasteiger partial charge on any atom is -0.374 e. The van der Waals surface area contributed by atoms with Crippen LogP contribution in [0.2, 0.25) is 0 Å². The van der Waals surface area contributed by atoms with Crippen LogP contribution in [-0.4, -0.2) is 56.4 Å². The average molecular weight is 417 g/mol. The Morgan fingerprint density at radius 2 is 2.11 bits per heavy atom. The molecule has 12 nitrogen and oxygen atoms in total. The zero-order chi connectivity index (χ0) is 20.7. The number of nitrogen functional groups attached to an aromatic ring is 1. The Morgan fingerprint density at radius 3 is 2.68 bits per heavy atom. The SMILES string of the molecule is CCC1(CC)O[C@@H](n2cnc3c(=O)[nH]c(N)nc32)C(OC)[C@H]1OP(=O)(O)OC. The predicted octanol–water partition coefficient (Wildman–Crippen LogP) is 0.936. The van der Waals surface area contributed by atoms with Gasteiger partial charge in [-0.2, -0.15) is 4.98 Å². The van der Waals surface area contributed by atoms with Crippen molar-refractivity contribution in [1.29, 1.82) is 0 Å². The quantitative estimate of drug-likeness (QED) is 0.552. The molecule has 1 aliphatic rings. The van der Waals surface area contributed by atoms with E-state index in [1.54, 1.807) is 0 Å². The Kier molecular flexibility index (Phi) is 5.63. The van der Waals surface area contributed by atoms with E-state index in [1.165, 1.54) is 18.0 Å². The van der Waals surface area contributed by atoms with Gasteiger partial charge in [-0.05, 0) is 12.8 Å². The number of hydrogen-bond donors (Lipinski definition) is 3. The third kappa shape index (κ3) is 3.36. The summed E-state index contributed by atoms with van der Waals surface area (Å²) in [4.78, 5) is 32.6. The number of aromatic nitrogens is 4. The Labute approximate surface area is 160 Å². The first-order valence-electron chi connectivity index (χ1n) is 8.71. The largest absolute Gasteiger partial charge is 0.472 e. The Balaban J connectivity index is 2.12. The third-order valence-corrected chi connectivity index (χ3v) is 6.08. The van der Waals surface area contributed by atoms with Crippen LogP contribution in [0.25, 0.3) is 11.2 Å². The maximum atomic E-state index is 12.1. The van der Waals surface area contributed by atoms with Gasteiger partial charge >= 0.3 is 7.82 Å². The van der Waals surface area contributed by atoms with E-state index in [0.717, 1.165) is 7.11 Å². The summed E-state index contributed by atoms with van der Waals surface area (Å²) in [6.07, 6.45) is -0.240. The average Bonchev–Trinajstić information content (AvgIpc) is 3.20. The first-order valence-corrected chi connectivity index (χ1v) is 10.2. The van der Waals surface area contributed by atoms with Crippen molar-refractivity contribution in [2.45, 2.75) is 50.7 Å². The highest BCUT2D eigenvalue weighted by Gasteiger charge is 2.57. The van der Waals surface area contributed by atoms with Crippen LogP contribution in [0.5, 0.6) is 0 Å². The van der Waals surface area contributed by atoms with Crippen LogP contribution in [0, 0.1) is 0 Å². The molecule has 28 heavy (non-hydrogen) atoms. The molecule has 0 saturated carbocycles. The van der Waals surface area contributed by atoms with Crippen LogP contribution in [0.4, 0.5) is 5.95 Å². The van der Waals surface area contributed by atoms with E-state index in [1.807, 2.05) is 13.8 Å². The van der Waals surface area contributed by atoms with Crippen molar-refractivity contribution in [3.63, 3.8) is 0 Å². The molecular weight excluding hydrogens is 393 g/mol. The van der Waals surface area contributed by atoms with E-state index in [9.17, 15) is 14.3 Å². The molecule has 0 bridgehead atoms. The van der Waals surface area contributed by atoms with Gasteiger partial charge < -0.3 is 20.1 Å². The number of rotatable bonds is 7. The monoisotopic (exact) mass is 417 g/mol. The minimum atomic E-state index is -4.32. The lowest BCUT2D eigenvalue weighted by Crippen LogP contribution is -2.44. The maximum Gasteiger partial charge on any atom is 0.472 e. The van der Waals surface area contributed by atoms with Gasteiger partial charge in [-0.1, -0.05) is 13.8 Å². The molecule has 3 rings (SSSR count). The fourth-order valence-electron chi connectivity index (χ4n) is 3.57. The number of fused-ring (bicyclic) bond motifs is 1. The molecule has 0 aliphatic carbocycles. The lowest BCUT2D eigenvalue weighted by Gasteiger charge is -2.33. The summed E-state index contributed by atoms with van der Waals surface area (Å²) in [5.41, 5.74) is 4.52. The van der Waals surface area contributed by atoms with E-state index in [0.29, 0.717) is 12.8 Å². The van der Waals surface area contributed by atoms with Crippen LogP contribution in [-0.2, 0) is 23.1 Å². The van der Waals surface area contributed by atoms with Gasteiger partial charge in [0, 0.05) is 14.2 Å². The molecule has 2 unspecified atom stereocenters. The second-order valence-corrected chi connectivity index (χ2v) is 7.95. The molecule has 156 valence electrons. The molecule has 2 aromatic heterocycles. The highest BCUT2D eigenvalue weighted by atomic mass is 31.2. The second-order valence-electron chi connectivity index (χ2n) is 6.43.